The first-order valence-corrected chi connectivity index (χ1v) is 7.12. The summed E-state index contributed by atoms with van der Waals surface area (Å²) in [5, 5.41) is 3.92. The summed E-state index contributed by atoms with van der Waals surface area (Å²) in [6.07, 6.45) is 4.19. The van der Waals surface area contributed by atoms with E-state index in [1.807, 2.05) is 18.2 Å². The van der Waals surface area contributed by atoms with Gasteiger partial charge in [-0.1, -0.05) is 18.2 Å². The minimum Gasteiger partial charge on any atom is -0.496 e. The van der Waals surface area contributed by atoms with Crippen LogP contribution in [0.3, 0.4) is 0 Å². The third-order valence-corrected chi connectivity index (χ3v) is 3.23. The zero-order valence-corrected chi connectivity index (χ0v) is 13.1. The quantitative estimate of drug-likeness (QED) is 0.572. The number of hydrogen-bond acceptors (Lipinski definition) is 6. The van der Waals surface area contributed by atoms with Crippen LogP contribution in [0.5, 0.6) is 5.75 Å². The Hall–Kier alpha value is -3.29. The molecule has 0 atom stereocenters. The van der Waals surface area contributed by atoms with E-state index in [1.54, 1.807) is 19.3 Å². The third kappa shape index (κ3) is 4.13. The van der Waals surface area contributed by atoms with Crippen LogP contribution in [0.4, 0.5) is 5.82 Å². The molecule has 0 spiro atoms. The first-order valence-electron chi connectivity index (χ1n) is 7.12. The molecule has 1 amide bonds. The van der Waals surface area contributed by atoms with Gasteiger partial charge in [-0.2, -0.15) is 5.10 Å². The van der Waals surface area contributed by atoms with Crippen molar-refractivity contribution in [3.8, 4) is 5.75 Å². The van der Waals surface area contributed by atoms with Crippen molar-refractivity contribution in [1.82, 2.24) is 9.78 Å². The van der Waals surface area contributed by atoms with Crippen LogP contribution in [0, 0.1) is 0 Å². The summed E-state index contributed by atoms with van der Waals surface area (Å²) < 4.78 is 11.6. The molecule has 0 saturated heterocycles. The lowest BCUT2D eigenvalue weighted by Gasteiger charge is -2.05. The van der Waals surface area contributed by atoms with Gasteiger partial charge in [0.2, 0.25) is 0 Å². The van der Waals surface area contributed by atoms with Crippen LogP contribution in [0.15, 0.2) is 36.5 Å². The second-order valence-corrected chi connectivity index (χ2v) is 4.77. The molecule has 8 nitrogen and oxygen atoms in total. The van der Waals surface area contributed by atoms with Gasteiger partial charge in [0, 0.05) is 11.6 Å². The number of rotatable bonds is 7. The largest absolute Gasteiger partial charge is 0.496 e. The Morgan fingerprint density at radius 2 is 2.08 bits per heavy atom. The monoisotopic (exact) mass is 330 g/mol. The maximum Gasteiger partial charge on any atom is 0.330 e. The summed E-state index contributed by atoms with van der Waals surface area (Å²) in [5.41, 5.74) is 11.8. The highest BCUT2D eigenvalue weighted by atomic mass is 16.5. The summed E-state index contributed by atoms with van der Waals surface area (Å²) >= 11 is 0. The smallest absolute Gasteiger partial charge is 0.330 e. The number of anilines is 1. The molecule has 1 heterocycles. The summed E-state index contributed by atoms with van der Waals surface area (Å²) in [6.45, 7) is 0.270. The van der Waals surface area contributed by atoms with E-state index in [9.17, 15) is 9.59 Å². The molecule has 126 valence electrons. The Balaban J connectivity index is 1.87. The van der Waals surface area contributed by atoms with Gasteiger partial charge in [-0.3, -0.25) is 4.79 Å². The van der Waals surface area contributed by atoms with E-state index in [0.717, 1.165) is 5.56 Å². The standard InChI is InChI=1S/C16H18N4O4/c1-23-13-5-3-2-4-11(13)6-7-14(21)24-9-8-20-15(17)12(10-19-20)16(18)22/h2-7,10H,8-9,17H2,1H3,(H2,18,22)/b7-6+. The van der Waals surface area contributed by atoms with Gasteiger partial charge >= 0.3 is 5.97 Å². The lowest BCUT2D eigenvalue weighted by atomic mass is 10.2. The molecule has 0 bridgehead atoms. The molecule has 0 aliphatic carbocycles. The highest BCUT2D eigenvalue weighted by molar-refractivity contribution is 5.96. The lowest BCUT2D eigenvalue weighted by molar-refractivity contribution is -0.138. The number of methoxy groups -OCH3 is 1. The predicted octanol–water partition coefficient (Wildman–Crippen LogP) is 0.829. The average Bonchev–Trinajstić information content (AvgIpc) is 2.94. The van der Waals surface area contributed by atoms with Crippen LogP contribution in [-0.4, -0.2) is 35.4 Å². The third-order valence-electron chi connectivity index (χ3n) is 3.23. The van der Waals surface area contributed by atoms with Crippen LogP contribution in [0.1, 0.15) is 15.9 Å². The molecule has 8 heteroatoms. The fourth-order valence-electron chi connectivity index (χ4n) is 2.01. The molecular weight excluding hydrogens is 312 g/mol. The minimum atomic E-state index is -0.657. The number of amides is 1. The van der Waals surface area contributed by atoms with Crippen LogP contribution in [0.2, 0.25) is 0 Å². The maximum atomic E-state index is 11.7. The molecule has 24 heavy (non-hydrogen) atoms. The summed E-state index contributed by atoms with van der Waals surface area (Å²) in [7, 11) is 1.56. The number of esters is 1. The van der Waals surface area contributed by atoms with Crippen molar-refractivity contribution in [2.24, 2.45) is 5.73 Å². The molecule has 0 aliphatic rings. The lowest BCUT2D eigenvalue weighted by Crippen LogP contribution is -2.16. The highest BCUT2D eigenvalue weighted by Crippen LogP contribution is 2.18. The molecule has 1 aromatic carbocycles. The second-order valence-electron chi connectivity index (χ2n) is 4.77. The highest BCUT2D eigenvalue weighted by Gasteiger charge is 2.12. The number of nitrogens with zero attached hydrogens (tertiary/aromatic N) is 2. The van der Waals surface area contributed by atoms with Crippen LogP contribution < -0.4 is 16.2 Å². The van der Waals surface area contributed by atoms with Crippen molar-refractivity contribution in [1.29, 1.82) is 0 Å². The molecule has 0 aliphatic heterocycles. The van der Waals surface area contributed by atoms with Crippen molar-refractivity contribution >= 4 is 23.8 Å². The van der Waals surface area contributed by atoms with Gasteiger partial charge in [0.15, 0.2) is 0 Å². The van der Waals surface area contributed by atoms with Crippen LogP contribution in [-0.2, 0) is 16.1 Å². The number of nitrogens with two attached hydrogens (primary N) is 2. The van der Waals surface area contributed by atoms with E-state index >= 15 is 0 Å². The molecule has 2 aromatic rings. The molecule has 4 N–H and O–H groups in total. The Labute approximate surface area is 138 Å². The minimum absolute atomic E-state index is 0.0547. The zero-order chi connectivity index (χ0) is 17.5. The van der Waals surface area contributed by atoms with Gasteiger partial charge in [-0.05, 0) is 12.1 Å². The number of primary amides is 1. The number of benzene rings is 1. The number of ether oxygens (including phenoxy) is 2. The fraction of sp³-hybridized carbons (Fsp3) is 0.188. The van der Waals surface area contributed by atoms with Crippen molar-refractivity contribution < 1.29 is 19.1 Å². The maximum absolute atomic E-state index is 11.7. The molecule has 2 rings (SSSR count). The summed E-state index contributed by atoms with van der Waals surface area (Å²) in [5.74, 6) is -0.370. The number of hydrogen-bond donors (Lipinski definition) is 2. The summed E-state index contributed by atoms with van der Waals surface area (Å²) in [4.78, 5) is 22.8. The Morgan fingerprint density at radius 1 is 1.33 bits per heavy atom. The number of carbonyl (C=O) groups excluding carboxylic acids is 2. The van der Waals surface area contributed by atoms with E-state index < -0.39 is 11.9 Å². The van der Waals surface area contributed by atoms with Gasteiger partial charge in [-0.25, -0.2) is 9.48 Å². The SMILES string of the molecule is COc1ccccc1/C=C/C(=O)OCCn1ncc(C(N)=O)c1N. The molecule has 0 fully saturated rings. The van der Waals surface area contributed by atoms with E-state index in [4.69, 9.17) is 20.9 Å². The van der Waals surface area contributed by atoms with Gasteiger partial charge in [0.05, 0.1) is 19.9 Å². The van der Waals surface area contributed by atoms with Crippen LogP contribution in [0.25, 0.3) is 6.08 Å². The van der Waals surface area contributed by atoms with E-state index in [1.165, 1.54) is 17.0 Å². The predicted molar refractivity (Wildman–Crippen MR) is 88.1 cm³/mol. The van der Waals surface area contributed by atoms with Crippen molar-refractivity contribution in [2.45, 2.75) is 6.54 Å². The van der Waals surface area contributed by atoms with Crippen molar-refractivity contribution in [2.75, 3.05) is 19.5 Å². The fourth-order valence-corrected chi connectivity index (χ4v) is 2.01. The molecule has 1 aromatic heterocycles. The topological polar surface area (TPSA) is 122 Å². The Kier molecular flexibility index (Phi) is 5.56. The number of aromatic nitrogens is 2. The van der Waals surface area contributed by atoms with Crippen LogP contribution >= 0.6 is 0 Å². The second kappa shape index (κ2) is 7.82. The molecule has 0 unspecified atom stereocenters. The summed E-state index contributed by atoms with van der Waals surface area (Å²) in [6, 6.07) is 7.29. The normalized spacial score (nSPS) is 10.7. The van der Waals surface area contributed by atoms with E-state index in [-0.39, 0.29) is 24.5 Å². The van der Waals surface area contributed by atoms with E-state index in [2.05, 4.69) is 5.10 Å². The van der Waals surface area contributed by atoms with Gasteiger partial charge in [0.25, 0.3) is 5.91 Å². The Bertz CT molecular complexity index is 767. The zero-order valence-electron chi connectivity index (χ0n) is 13.1. The Morgan fingerprint density at radius 3 is 2.75 bits per heavy atom. The number of para-hydroxylation sites is 1. The average molecular weight is 330 g/mol. The molecular formula is C16H18N4O4. The first kappa shape index (κ1) is 17.1. The van der Waals surface area contributed by atoms with Gasteiger partial charge in [-0.15, -0.1) is 0 Å². The number of carbonyl (C=O) groups is 2. The van der Waals surface area contributed by atoms with Gasteiger partial charge in [0.1, 0.15) is 23.7 Å². The number of nitrogen functional groups attached to an aromatic ring is 1. The van der Waals surface area contributed by atoms with Gasteiger partial charge < -0.3 is 20.9 Å². The first-order chi connectivity index (χ1) is 11.5. The van der Waals surface area contributed by atoms with Crippen molar-refractivity contribution in [3.63, 3.8) is 0 Å². The molecule has 0 radical (unpaired) electrons. The van der Waals surface area contributed by atoms with Crippen molar-refractivity contribution in [3.05, 3.63) is 47.7 Å². The molecule has 0 saturated carbocycles. The van der Waals surface area contributed by atoms with E-state index in [0.29, 0.717) is 5.75 Å².